The summed E-state index contributed by atoms with van der Waals surface area (Å²) < 4.78 is 0. The molecule has 4 aliphatic carbocycles. The largest absolute Gasteiger partial charge is 0.480 e. The van der Waals surface area contributed by atoms with E-state index in [1.54, 1.807) is 0 Å². The molecule has 4 aliphatic rings. The van der Waals surface area contributed by atoms with E-state index in [9.17, 15) is 14.7 Å². The number of hydrogen-bond acceptors (Lipinski definition) is 3. The van der Waals surface area contributed by atoms with Crippen LogP contribution in [0.4, 0.5) is 0 Å². The van der Waals surface area contributed by atoms with Crippen LogP contribution in [0.25, 0.3) is 0 Å². The topological polar surface area (TPSA) is 86.6 Å². The van der Waals surface area contributed by atoms with Crippen LogP contribution < -0.4 is 5.32 Å². The van der Waals surface area contributed by atoms with Gasteiger partial charge in [-0.05, 0) is 117 Å². The molecule has 0 radical (unpaired) electrons. The Kier molecular flexibility index (Phi) is 6.70. The van der Waals surface area contributed by atoms with Gasteiger partial charge in [0.1, 0.15) is 6.04 Å². The molecular formula is C27H45NO4. The second kappa shape index (κ2) is 8.92. The minimum Gasteiger partial charge on any atom is -0.480 e. The van der Waals surface area contributed by atoms with Gasteiger partial charge in [0, 0.05) is 6.42 Å². The standard InChI is InChI=1S/C27H45NO4/c1-16(5-10-24(30)28-17(2)25(31)32)21-8-9-22-20-7-6-18-15-19(29)11-13-26(18,3)23(20)12-14-27(21,22)4/h16-23,29H,5-15H2,1-4H3,(H,28,30)(H,31,32)/t16?,17?,18-,19-,20+,21-,22+,23+,26+,27-/m1/s1. The fourth-order valence-electron chi connectivity index (χ4n) is 9.15. The number of hydrogen-bond donors (Lipinski definition) is 3. The first kappa shape index (κ1) is 24.0. The summed E-state index contributed by atoms with van der Waals surface area (Å²) in [5.74, 6) is 3.21. The van der Waals surface area contributed by atoms with Crippen molar-refractivity contribution < 1.29 is 19.8 Å². The van der Waals surface area contributed by atoms with Gasteiger partial charge in [0.2, 0.25) is 5.91 Å². The third-order valence-corrected chi connectivity index (χ3v) is 11.0. The Bertz CT molecular complexity index is 724. The number of carbonyl (C=O) groups is 2. The van der Waals surface area contributed by atoms with Gasteiger partial charge in [0.15, 0.2) is 0 Å². The highest BCUT2D eigenvalue weighted by atomic mass is 16.4. The molecule has 4 saturated carbocycles. The molecule has 182 valence electrons. The van der Waals surface area contributed by atoms with Gasteiger partial charge in [0.05, 0.1) is 6.10 Å². The summed E-state index contributed by atoms with van der Waals surface area (Å²) in [7, 11) is 0. The molecule has 2 unspecified atom stereocenters. The molecule has 0 aliphatic heterocycles. The van der Waals surface area contributed by atoms with Gasteiger partial charge < -0.3 is 15.5 Å². The molecule has 5 nitrogen and oxygen atoms in total. The summed E-state index contributed by atoms with van der Waals surface area (Å²) in [5, 5.41) is 21.9. The van der Waals surface area contributed by atoms with Crippen LogP contribution in [-0.4, -0.2) is 34.2 Å². The maximum Gasteiger partial charge on any atom is 0.325 e. The summed E-state index contributed by atoms with van der Waals surface area (Å²) in [5.41, 5.74) is 0.800. The van der Waals surface area contributed by atoms with Crippen molar-refractivity contribution >= 4 is 11.9 Å². The Balaban J connectivity index is 1.39. The molecule has 4 fully saturated rings. The van der Waals surface area contributed by atoms with E-state index >= 15 is 0 Å². The summed E-state index contributed by atoms with van der Waals surface area (Å²) in [6.07, 6.45) is 12.3. The smallest absolute Gasteiger partial charge is 0.325 e. The number of amides is 1. The zero-order valence-electron chi connectivity index (χ0n) is 20.6. The monoisotopic (exact) mass is 447 g/mol. The van der Waals surface area contributed by atoms with Gasteiger partial charge in [-0.25, -0.2) is 0 Å². The van der Waals surface area contributed by atoms with E-state index in [4.69, 9.17) is 5.11 Å². The zero-order chi connectivity index (χ0) is 23.3. The predicted molar refractivity (Wildman–Crippen MR) is 125 cm³/mol. The Hall–Kier alpha value is -1.10. The number of aliphatic hydroxyl groups excluding tert-OH is 1. The quantitative estimate of drug-likeness (QED) is 0.534. The van der Waals surface area contributed by atoms with Crippen molar-refractivity contribution in [2.75, 3.05) is 0 Å². The number of aliphatic hydroxyl groups is 1. The van der Waals surface area contributed by atoms with Gasteiger partial charge in [0.25, 0.3) is 0 Å². The lowest BCUT2D eigenvalue weighted by molar-refractivity contribution is -0.141. The van der Waals surface area contributed by atoms with Gasteiger partial charge in [-0.3, -0.25) is 9.59 Å². The number of nitrogens with one attached hydrogen (secondary N) is 1. The summed E-state index contributed by atoms with van der Waals surface area (Å²) >= 11 is 0. The number of fused-ring (bicyclic) bond motifs is 5. The Morgan fingerprint density at radius 3 is 2.38 bits per heavy atom. The molecule has 4 rings (SSSR count). The SMILES string of the molecule is CC(NC(=O)CCC(C)[C@H]1CC[C@H]2[C@@H]3CC[C@@H]4C[C@H](O)CC[C@]4(C)[C@H]3CC[C@]12C)C(=O)O. The van der Waals surface area contributed by atoms with Crippen molar-refractivity contribution in [2.45, 2.75) is 110 Å². The minimum absolute atomic E-state index is 0.0779. The highest BCUT2D eigenvalue weighted by Gasteiger charge is 2.60. The lowest BCUT2D eigenvalue weighted by atomic mass is 9.44. The number of carboxylic acid groups (broad SMARTS) is 1. The van der Waals surface area contributed by atoms with E-state index in [0.717, 1.165) is 37.0 Å². The number of carboxylic acids is 1. The average molecular weight is 448 g/mol. The highest BCUT2D eigenvalue weighted by Crippen LogP contribution is 2.68. The second-order valence-electron chi connectivity index (χ2n) is 12.5. The maximum atomic E-state index is 12.2. The molecule has 0 spiro atoms. The van der Waals surface area contributed by atoms with Crippen molar-refractivity contribution in [1.29, 1.82) is 0 Å². The van der Waals surface area contributed by atoms with Crippen molar-refractivity contribution in [3.05, 3.63) is 0 Å². The number of aliphatic carboxylic acids is 1. The van der Waals surface area contributed by atoms with Crippen LogP contribution in [0.5, 0.6) is 0 Å². The van der Waals surface area contributed by atoms with Crippen LogP contribution in [0.2, 0.25) is 0 Å². The van der Waals surface area contributed by atoms with Crippen LogP contribution in [0.1, 0.15) is 98.3 Å². The number of carbonyl (C=O) groups excluding carboxylic acids is 1. The zero-order valence-corrected chi connectivity index (χ0v) is 20.6. The van der Waals surface area contributed by atoms with Crippen molar-refractivity contribution in [3.63, 3.8) is 0 Å². The first-order valence-corrected chi connectivity index (χ1v) is 13.3. The molecule has 32 heavy (non-hydrogen) atoms. The lowest BCUT2D eigenvalue weighted by Gasteiger charge is -2.61. The first-order valence-electron chi connectivity index (χ1n) is 13.3. The molecule has 0 aromatic heterocycles. The Labute approximate surface area is 194 Å². The molecule has 0 bridgehead atoms. The molecule has 0 saturated heterocycles. The minimum atomic E-state index is -0.981. The summed E-state index contributed by atoms with van der Waals surface area (Å²) in [4.78, 5) is 23.2. The molecule has 0 heterocycles. The summed E-state index contributed by atoms with van der Waals surface area (Å²) in [6, 6.07) is -0.821. The van der Waals surface area contributed by atoms with Gasteiger partial charge in [-0.2, -0.15) is 0 Å². The van der Waals surface area contributed by atoms with Gasteiger partial charge in [-0.1, -0.05) is 20.8 Å². The van der Waals surface area contributed by atoms with Crippen molar-refractivity contribution in [1.82, 2.24) is 5.32 Å². The predicted octanol–water partition coefficient (Wildman–Crippen LogP) is 5.01. The molecule has 3 N–H and O–H groups in total. The Morgan fingerprint density at radius 2 is 1.66 bits per heavy atom. The molecule has 5 heteroatoms. The molecular weight excluding hydrogens is 402 g/mol. The first-order chi connectivity index (χ1) is 15.1. The van der Waals surface area contributed by atoms with Crippen LogP contribution in [-0.2, 0) is 9.59 Å². The van der Waals surface area contributed by atoms with E-state index in [1.807, 2.05) is 0 Å². The average Bonchev–Trinajstić information content (AvgIpc) is 3.09. The van der Waals surface area contributed by atoms with E-state index in [-0.39, 0.29) is 12.0 Å². The van der Waals surface area contributed by atoms with Crippen LogP contribution >= 0.6 is 0 Å². The normalized spacial score (nSPS) is 45.2. The Morgan fingerprint density at radius 1 is 0.969 bits per heavy atom. The van der Waals surface area contributed by atoms with E-state index in [0.29, 0.717) is 35.0 Å². The van der Waals surface area contributed by atoms with E-state index in [2.05, 4.69) is 26.1 Å². The van der Waals surface area contributed by atoms with Gasteiger partial charge in [-0.15, -0.1) is 0 Å². The molecule has 10 atom stereocenters. The van der Waals surface area contributed by atoms with Crippen LogP contribution in [0.3, 0.4) is 0 Å². The number of rotatable bonds is 6. The molecule has 0 aromatic rings. The second-order valence-corrected chi connectivity index (χ2v) is 12.5. The third-order valence-electron chi connectivity index (χ3n) is 11.0. The van der Waals surface area contributed by atoms with Crippen LogP contribution in [0, 0.1) is 46.3 Å². The fraction of sp³-hybridized carbons (Fsp3) is 0.926. The maximum absolute atomic E-state index is 12.2. The fourth-order valence-corrected chi connectivity index (χ4v) is 9.15. The van der Waals surface area contributed by atoms with Crippen molar-refractivity contribution in [2.24, 2.45) is 46.3 Å². The summed E-state index contributed by atoms with van der Waals surface area (Å²) in [6.45, 7) is 8.94. The lowest BCUT2D eigenvalue weighted by Crippen LogP contribution is -2.54. The molecule has 0 aromatic carbocycles. The van der Waals surface area contributed by atoms with Crippen molar-refractivity contribution in [3.8, 4) is 0 Å². The van der Waals surface area contributed by atoms with Gasteiger partial charge >= 0.3 is 5.97 Å². The van der Waals surface area contributed by atoms with Crippen LogP contribution in [0.15, 0.2) is 0 Å². The third kappa shape index (κ3) is 4.12. The van der Waals surface area contributed by atoms with E-state index < -0.39 is 12.0 Å². The highest BCUT2D eigenvalue weighted by molar-refractivity contribution is 5.83. The van der Waals surface area contributed by atoms with E-state index in [1.165, 1.54) is 51.9 Å². The molecule has 1 amide bonds.